The standard InChI is InChI=1S/C16H14N2O4S/c1-22-11-8-6-10(7-9-11)18-14-12-4-2-3-5-13(12)23(20,21)15(14)16(17)19/h2-9,18H,1H3,(H2,17,19). The Labute approximate surface area is 133 Å². The number of rotatable bonds is 4. The molecular formula is C16H14N2O4S. The second-order valence-corrected chi connectivity index (χ2v) is 6.78. The van der Waals surface area contributed by atoms with Gasteiger partial charge in [0, 0.05) is 11.3 Å². The van der Waals surface area contributed by atoms with Gasteiger partial charge in [-0.15, -0.1) is 0 Å². The summed E-state index contributed by atoms with van der Waals surface area (Å²) in [5.41, 5.74) is 6.54. The van der Waals surface area contributed by atoms with Crippen molar-refractivity contribution in [2.45, 2.75) is 4.90 Å². The molecule has 118 valence electrons. The molecule has 0 aromatic heterocycles. The van der Waals surface area contributed by atoms with E-state index in [9.17, 15) is 13.2 Å². The van der Waals surface area contributed by atoms with Gasteiger partial charge in [-0.05, 0) is 30.3 Å². The maximum absolute atomic E-state index is 12.5. The highest BCUT2D eigenvalue weighted by atomic mass is 32.2. The minimum Gasteiger partial charge on any atom is -0.497 e. The molecule has 0 saturated carbocycles. The molecule has 3 rings (SSSR count). The average molecular weight is 330 g/mol. The van der Waals surface area contributed by atoms with Crippen molar-refractivity contribution in [3.63, 3.8) is 0 Å². The van der Waals surface area contributed by atoms with E-state index in [1.165, 1.54) is 6.07 Å². The summed E-state index contributed by atoms with van der Waals surface area (Å²) in [7, 11) is -2.36. The molecule has 0 fully saturated rings. The fraction of sp³-hybridized carbons (Fsp3) is 0.0625. The molecule has 23 heavy (non-hydrogen) atoms. The van der Waals surface area contributed by atoms with Crippen LogP contribution in [0.1, 0.15) is 5.56 Å². The third-order valence-corrected chi connectivity index (χ3v) is 5.40. The molecule has 1 aliphatic heterocycles. The van der Waals surface area contributed by atoms with E-state index >= 15 is 0 Å². The van der Waals surface area contributed by atoms with Gasteiger partial charge in [-0.2, -0.15) is 0 Å². The predicted octanol–water partition coefficient (Wildman–Crippen LogP) is 1.75. The van der Waals surface area contributed by atoms with Crippen molar-refractivity contribution in [1.29, 1.82) is 0 Å². The van der Waals surface area contributed by atoms with Gasteiger partial charge in [0.2, 0.25) is 9.84 Å². The highest BCUT2D eigenvalue weighted by molar-refractivity contribution is 7.97. The van der Waals surface area contributed by atoms with Crippen LogP contribution in [0.25, 0.3) is 5.70 Å². The second kappa shape index (κ2) is 5.44. The molecule has 0 aliphatic carbocycles. The molecule has 1 heterocycles. The Balaban J connectivity index is 2.13. The van der Waals surface area contributed by atoms with E-state index in [1.54, 1.807) is 49.6 Å². The van der Waals surface area contributed by atoms with E-state index in [0.717, 1.165) is 0 Å². The number of hydrogen-bond acceptors (Lipinski definition) is 5. The first-order valence-electron chi connectivity index (χ1n) is 6.75. The summed E-state index contributed by atoms with van der Waals surface area (Å²) in [5.74, 6) is -0.323. The first kappa shape index (κ1) is 15.1. The summed E-state index contributed by atoms with van der Waals surface area (Å²) in [5, 5.41) is 2.98. The summed E-state index contributed by atoms with van der Waals surface area (Å²) >= 11 is 0. The van der Waals surface area contributed by atoms with Crippen molar-refractivity contribution in [2.75, 3.05) is 12.4 Å². The topological polar surface area (TPSA) is 98.5 Å². The number of ether oxygens (including phenoxy) is 1. The van der Waals surface area contributed by atoms with Crippen molar-refractivity contribution in [2.24, 2.45) is 5.73 Å². The molecule has 0 atom stereocenters. The lowest BCUT2D eigenvalue weighted by molar-refractivity contribution is -0.113. The van der Waals surface area contributed by atoms with Crippen molar-refractivity contribution >= 4 is 27.1 Å². The molecule has 3 N–H and O–H groups in total. The third kappa shape index (κ3) is 2.44. The quantitative estimate of drug-likeness (QED) is 0.890. The van der Waals surface area contributed by atoms with E-state index < -0.39 is 20.6 Å². The number of hydrogen-bond donors (Lipinski definition) is 2. The number of primary amides is 1. The van der Waals surface area contributed by atoms with Crippen LogP contribution in [0.15, 0.2) is 58.3 Å². The van der Waals surface area contributed by atoms with Crippen LogP contribution >= 0.6 is 0 Å². The van der Waals surface area contributed by atoms with E-state index in [2.05, 4.69) is 5.32 Å². The van der Waals surface area contributed by atoms with Gasteiger partial charge in [0.05, 0.1) is 17.7 Å². The van der Waals surface area contributed by atoms with Crippen molar-refractivity contribution in [3.05, 3.63) is 59.0 Å². The number of anilines is 1. The Morgan fingerprint density at radius 2 is 1.74 bits per heavy atom. The summed E-state index contributed by atoms with van der Waals surface area (Å²) in [4.78, 5) is 11.4. The molecule has 2 aromatic carbocycles. The molecule has 0 bridgehead atoms. The minimum absolute atomic E-state index is 0.0739. The Kier molecular flexibility index (Phi) is 3.57. The zero-order valence-electron chi connectivity index (χ0n) is 12.2. The lowest BCUT2D eigenvalue weighted by atomic mass is 10.1. The number of fused-ring (bicyclic) bond motifs is 1. The monoisotopic (exact) mass is 330 g/mol. The van der Waals surface area contributed by atoms with E-state index in [-0.39, 0.29) is 10.6 Å². The molecule has 0 unspecified atom stereocenters. The van der Waals surface area contributed by atoms with Crippen LogP contribution in [0.5, 0.6) is 5.75 Å². The first-order valence-corrected chi connectivity index (χ1v) is 8.23. The first-order chi connectivity index (χ1) is 10.9. The fourth-order valence-electron chi connectivity index (χ4n) is 2.47. The van der Waals surface area contributed by atoms with Crippen LogP contribution in [0.4, 0.5) is 5.69 Å². The zero-order valence-corrected chi connectivity index (χ0v) is 13.1. The van der Waals surface area contributed by atoms with Gasteiger partial charge >= 0.3 is 0 Å². The second-order valence-electron chi connectivity index (χ2n) is 4.92. The van der Waals surface area contributed by atoms with Crippen LogP contribution in [0, 0.1) is 0 Å². The van der Waals surface area contributed by atoms with Gasteiger partial charge in [0.1, 0.15) is 5.75 Å². The Bertz CT molecular complexity index is 915. The number of carbonyl (C=O) groups is 1. The van der Waals surface area contributed by atoms with Crippen LogP contribution in [-0.2, 0) is 14.6 Å². The SMILES string of the molecule is COc1ccc(NC2=C(C(N)=O)S(=O)(=O)c3ccccc32)cc1. The highest BCUT2D eigenvalue weighted by Gasteiger charge is 2.38. The van der Waals surface area contributed by atoms with Gasteiger partial charge in [0.25, 0.3) is 5.91 Å². The molecule has 1 amide bonds. The molecule has 6 nitrogen and oxygen atoms in total. The zero-order chi connectivity index (χ0) is 16.6. The normalized spacial score (nSPS) is 15.2. The van der Waals surface area contributed by atoms with Crippen LogP contribution in [0.2, 0.25) is 0 Å². The number of nitrogens with one attached hydrogen (secondary N) is 1. The summed E-state index contributed by atoms with van der Waals surface area (Å²) in [6, 6.07) is 13.3. The van der Waals surface area contributed by atoms with E-state index in [0.29, 0.717) is 17.0 Å². The highest BCUT2D eigenvalue weighted by Crippen LogP contribution is 2.39. The number of benzene rings is 2. The van der Waals surface area contributed by atoms with Crippen molar-refractivity contribution in [3.8, 4) is 5.75 Å². The lowest BCUT2D eigenvalue weighted by Crippen LogP contribution is -2.20. The van der Waals surface area contributed by atoms with Gasteiger partial charge in [-0.25, -0.2) is 8.42 Å². The van der Waals surface area contributed by atoms with E-state index in [1.807, 2.05) is 0 Å². The molecule has 7 heteroatoms. The fourth-order valence-corrected chi connectivity index (χ4v) is 4.10. The molecular weight excluding hydrogens is 316 g/mol. The number of amides is 1. The van der Waals surface area contributed by atoms with Gasteiger partial charge < -0.3 is 15.8 Å². The van der Waals surface area contributed by atoms with Crippen molar-refractivity contribution in [1.82, 2.24) is 0 Å². The summed E-state index contributed by atoms with van der Waals surface area (Å²) in [6.07, 6.45) is 0. The number of sulfone groups is 1. The summed E-state index contributed by atoms with van der Waals surface area (Å²) < 4.78 is 30.1. The van der Waals surface area contributed by atoms with Crippen LogP contribution in [-0.4, -0.2) is 21.4 Å². The van der Waals surface area contributed by atoms with Gasteiger partial charge in [0.15, 0.2) is 4.91 Å². The Morgan fingerprint density at radius 1 is 1.09 bits per heavy atom. The average Bonchev–Trinajstić information content (AvgIpc) is 2.76. The van der Waals surface area contributed by atoms with E-state index in [4.69, 9.17) is 10.5 Å². The summed E-state index contributed by atoms with van der Waals surface area (Å²) in [6.45, 7) is 0. The maximum atomic E-state index is 12.5. The maximum Gasteiger partial charge on any atom is 0.262 e. The Hall–Kier alpha value is -2.80. The lowest BCUT2D eigenvalue weighted by Gasteiger charge is -2.10. The minimum atomic E-state index is -3.91. The van der Waals surface area contributed by atoms with Crippen molar-refractivity contribution < 1.29 is 17.9 Å². The Morgan fingerprint density at radius 3 is 2.35 bits per heavy atom. The number of nitrogens with two attached hydrogens (primary N) is 1. The molecule has 2 aromatic rings. The van der Waals surface area contributed by atoms with Crippen LogP contribution in [0.3, 0.4) is 0 Å². The van der Waals surface area contributed by atoms with Crippen LogP contribution < -0.4 is 15.8 Å². The number of methoxy groups -OCH3 is 1. The molecule has 0 saturated heterocycles. The smallest absolute Gasteiger partial charge is 0.262 e. The van der Waals surface area contributed by atoms with Gasteiger partial charge in [-0.3, -0.25) is 4.79 Å². The molecule has 0 radical (unpaired) electrons. The molecule has 0 spiro atoms. The third-order valence-electron chi connectivity index (χ3n) is 3.52. The largest absolute Gasteiger partial charge is 0.497 e. The number of carbonyl (C=O) groups excluding carboxylic acids is 1. The predicted molar refractivity (Wildman–Crippen MR) is 86.4 cm³/mol. The van der Waals surface area contributed by atoms with Gasteiger partial charge in [-0.1, -0.05) is 18.2 Å². The molecule has 1 aliphatic rings.